The second-order valence-corrected chi connectivity index (χ2v) is 10.1. The number of thiocarbonyl (C=S) groups is 1. The molecule has 4 aromatic carbocycles. The van der Waals surface area contributed by atoms with E-state index in [4.69, 9.17) is 21.7 Å². The van der Waals surface area contributed by atoms with Gasteiger partial charge in [0.1, 0.15) is 12.3 Å². The van der Waals surface area contributed by atoms with E-state index in [1.807, 2.05) is 80.7 Å². The molecule has 7 heteroatoms. The standard InChI is InChI=1S/C30H25IN2O3S/c1-3-35-27-18-20(17-26-29(34)33(30(37)32(26)2)23-13-5-4-6-14-23)16-25(31)28(27)36-19-22-12-9-11-21-10-7-8-15-24(21)22/h4-18H,3,19H2,1-2H3/b26-17-. The predicted octanol–water partition coefficient (Wildman–Crippen LogP) is 7.03. The highest BCUT2D eigenvalue weighted by Gasteiger charge is 2.36. The van der Waals surface area contributed by atoms with Crippen LogP contribution in [0.15, 0.2) is 90.6 Å². The molecule has 0 aliphatic carbocycles. The number of carbonyl (C=O) groups is 1. The molecule has 1 saturated heterocycles. The molecular weight excluding hydrogens is 595 g/mol. The number of para-hydroxylation sites is 1. The van der Waals surface area contributed by atoms with Crippen molar-refractivity contribution < 1.29 is 14.3 Å². The zero-order valence-electron chi connectivity index (χ0n) is 20.5. The molecule has 4 aromatic rings. The summed E-state index contributed by atoms with van der Waals surface area (Å²) in [7, 11) is 1.81. The summed E-state index contributed by atoms with van der Waals surface area (Å²) >= 11 is 7.85. The van der Waals surface area contributed by atoms with Crippen LogP contribution in [0.25, 0.3) is 16.8 Å². The molecule has 37 heavy (non-hydrogen) atoms. The Bertz CT molecular complexity index is 1520. The Labute approximate surface area is 235 Å². The minimum Gasteiger partial charge on any atom is -0.490 e. The monoisotopic (exact) mass is 620 g/mol. The number of ether oxygens (including phenoxy) is 2. The van der Waals surface area contributed by atoms with Crippen molar-refractivity contribution in [1.29, 1.82) is 0 Å². The minimum atomic E-state index is -0.164. The van der Waals surface area contributed by atoms with E-state index in [2.05, 4.69) is 46.9 Å². The van der Waals surface area contributed by atoms with Crippen molar-refractivity contribution in [2.75, 3.05) is 18.6 Å². The van der Waals surface area contributed by atoms with Crippen LogP contribution < -0.4 is 14.4 Å². The molecule has 186 valence electrons. The van der Waals surface area contributed by atoms with Crippen molar-refractivity contribution in [2.45, 2.75) is 13.5 Å². The van der Waals surface area contributed by atoms with Crippen molar-refractivity contribution in [1.82, 2.24) is 4.90 Å². The summed E-state index contributed by atoms with van der Waals surface area (Å²) in [5.41, 5.74) is 3.18. The van der Waals surface area contributed by atoms with E-state index in [-0.39, 0.29) is 5.91 Å². The summed E-state index contributed by atoms with van der Waals surface area (Å²) in [6.45, 7) is 2.85. The van der Waals surface area contributed by atoms with Gasteiger partial charge in [0.25, 0.3) is 5.91 Å². The number of fused-ring (bicyclic) bond motifs is 1. The topological polar surface area (TPSA) is 42.0 Å². The molecule has 0 radical (unpaired) electrons. The summed E-state index contributed by atoms with van der Waals surface area (Å²) in [6.07, 6.45) is 1.84. The normalized spacial score (nSPS) is 14.6. The van der Waals surface area contributed by atoms with Crippen LogP contribution >= 0.6 is 34.8 Å². The fourth-order valence-corrected chi connectivity index (χ4v) is 5.43. The van der Waals surface area contributed by atoms with E-state index < -0.39 is 0 Å². The smallest absolute Gasteiger partial charge is 0.281 e. The van der Waals surface area contributed by atoms with Crippen LogP contribution in [0.5, 0.6) is 11.5 Å². The molecule has 1 amide bonds. The van der Waals surface area contributed by atoms with Crippen LogP contribution in [0, 0.1) is 3.57 Å². The molecule has 0 bridgehead atoms. The van der Waals surface area contributed by atoms with Gasteiger partial charge in [0.15, 0.2) is 16.6 Å². The maximum Gasteiger partial charge on any atom is 0.281 e. The molecule has 1 aliphatic heterocycles. The summed E-state index contributed by atoms with van der Waals surface area (Å²) in [4.78, 5) is 16.6. The Kier molecular flexibility index (Phi) is 7.43. The molecule has 5 rings (SSSR count). The van der Waals surface area contributed by atoms with Crippen molar-refractivity contribution in [3.63, 3.8) is 0 Å². The molecule has 5 nitrogen and oxygen atoms in total. The fourth-order valence-electron chi connectivity index (χ4n) is 4.36. The molecule has 0 N–H and O–H groups in total. The first-order valence-corrected chi connectivity index (χ1v) is 13.4. The summed E-state index contributed by atoms with van der Waals surface area (Å²) < 4.78 is 13.2. The maximum atomic E-state index is 13.3. The molecule has 0 aromatic heterocycles. The lowest BCUT2D eigenvalue weighted by atomic mass is 10.1. The number of hydrogen-bond acceptors (Lipinski definition) is 4. The second-order valence-electron chi connectivity index (χ2n) is 8.54. The predicted molar refractivity (Wildman–Crippen MR) is 161 cm³/mol. The van der Waals surface area contributed by atoms with E-state index in [9.17, 15) is 4.79 Å². The third kappa shape index (κ3) is 5.06. The van der Waals surface area contributed by atoms with Crippen LogP contribution in [0.4, 0.5) is 5.69 Å². The Morgan fingerprint density at radius 1 is 0.946 bits per heavy atom. The van der Waals surface area contributed by atoms with Gasteiger partial charge in [-0.2, -0.15) is 0 Å². The zero-order valence-corrected chi connectivity index (χ0v) is 23.5. The molecule has 1 fully saturated rings. The van der Waals surface area contributed by atoms with Crippen molar-refractivity contribution in [3.05, 3.63) is 105 Å². The lowest BCUT2D eigenvalue weighted by molar-refractivity contribution is -0.114. The number of rotatable bonds is 7. The highest BCUT2D eigenvalue weighted by molar-refractivity contribution is 14.1. The average molecular weight is 621 g/mol. The third-order valence-electron chi connectivity index (χ3n) is 6.16. The molecule has 1 heterocycles. The van der Waals surface area contributed by atoms with Gasteiger partial charge in [-0.15, -0.1) is 0 Å². The largest absolute Gasteiger partial charge is 0.490 e. The van der Waals surface area contributed by atoms with E-state index >= 15 is 0 Å². The molecular formula is C30H25IN2O3S. The average Bonchev–Trinajstić information content (AvgIpc) is 3.12. The summed E-state index contributed by atoms with van der Waals surface area (Å²) in [5.74, 6) is 1.16. The fraction of sp³-hybridized carbons (Fsp3) is 0.133. The van der Waals surface area contributed by atoms with Crippen LogP contribution in [-0.2, 0) is 11.4 Å². The van der Waals surface area contributed by atoms with Gasteiger partial charge in [0.05, 0.1) is 15.9 Å². The SMILES string of the molecule is CCOc1cc(/C=C2/C(=O)N(c3ccccc3)C(=S)N2C)cc(I)c1OCc1cccc2ccccc12. The van der Waals surface area contributed by atoms with E-state index in [1.165, 1.54) is 10.8 Å². The number of likely N-dealkylation sites (N-methyl/N-ethyl adjacent to an activating group) is 1. The maximum absolute atomic E-state index is 13.3. The Morgan fingerprint density at radius 2 is 1.68 bits per heavy atom. The highest BCUT2D eigenvalue weighted by Crippen LogP contribution is 2.37. The number of amides is 1. The number of carbonyl (C=O) groups excluding carboxylic acids is 1. The molecule has 0 unspecified atom stereocenters. The Balaban J connectivity index is 1.45. The first-order chi connectivity index (χ1) is 18.0. The van der Waals surface area contributed by atoms with Gasteiger partial charge in [-0.05, 0) is 94.0 Å². The first kappa shape index (κ1) is 25.2. The van der Waals surface area contributed by atoms with E-state index in [0.29, 0.717) is 35.5 Å². The van der Waals surface area contributed by atoms with Crippen molar-refractivity contribution in [3.8, 4) is 11.5 Å². The molecule has 0 saturated carbocycles. The Hall–Kier alpha value is -3.43. The van der Waals surface area contributed by atoms with Gasteiger partial charge in [-0.1, -0.05) is 60.7 Å². The van der Waals surface area contributed by atoms with Gasteiger partial charge in [0.2, 0.25) is 0 Å². The van der Waals surface area contributed by atoms with E-state index in [1.54, 1.807) is 9.80 Å². The van der Waals surface area contributed by atoms with Gasteiger partial charge in [-0.3, -0.25) is 9.69 Å². The van der Waals surface area contributed by atoms with Crippen molar-refractivity contribution >= 4 is 68.4 Å². The molecule has 0 atom stereocenters. The molecule has 1 aliphatic rings. The summed E-state index contributed by atoms with van der Waals surface area (Å²) in [5, 5.41) is 2.79. The van der Waals surface area contributed by atoms with Crippen LogP contribution in [0.1, 0.15) is 18.1 Å². The van der Waals surface area contributed by atoms with E-state index in [0.717, 1.165) is 20.4 Å². The number of anilines is 1. The minimum absolute atomic E-state index is 0.164. The highest BCUT2D eigenvalue weighted by atomic mass is 127. The van der Waals surface area contributed by atoms with Gasteiger partial charge >= 0.3 is 0 Å². The van der Waals surface area contributed by atoms with Crippen LogP contribution in [0.3, 0.4) is 0 Å². The zero-order chi connectivity index (χ0) is 25.9. The van der Waals surface area contributed by atoms with Gasteiger partial charge in [-0.25, -0.2) is 0 Å². The van der Waals surface area contributed by atoms with Crippen LogP contribution in [0.2, 0.25) is 0 Å². The van der Waals surface area contributed by atoms with Gasteiger partial charge < -0.3 is 14.4 Å². The number of nitrogens with zero attached hydrogens (tertiary/aromatic N) is 2. The van der Waals surface area contributed by atoms with Gasteiger partial charge in [0, 0.05) is 7.05 Å². The second kappa shape index (κ2) is 10.9. The summed E-state index contributed by atoms with van der Waals surface area (Å²) in [6, 6.07) is 27.8. The number of benzene rings is 4. The first-order valence-electron chi connectivity index (χ1n) is 11.9. The quantitative estimate of drug-likeness (QED) is 0.126. The lowest BCUT2D eigenvalue weighted by Gasteiger charge is -2.16. The van der Waals surface area contributed by atoms with Crippen LogP contribution in [-0.4, -0.2) is 29.6 Å². The lowest BCUT2D eigenvalue weighted by Crippen LogP contribution is -2.30. The third-order valence-corrected chi connectivity index (χ3v) is 7.42. The van der Waals surface area contributed by atoms with Crippen molar-refractivity contribution in [2.24, 2.45) is 0 Å². The number of halogens is 1. The Morgan fingerprint density at radius 3 is 2.46 bits per heavy atom. The molecule has 0 spiro atoms. The number of hydrogen-bond donors (Lipinski definition) is 0.